The summed E-state index contributed by atoms with van der Waals surface area (Å²) >= 11 is 7.78. The van der Waals surface area contributed by atoms with E-state index >= 15 is 0 Å². The molecule has 1 amide bonds. The smallest absolute Gasteiger partial charge is 0.274 e. The van der Waals surface area contributed by atoms with E-state index in [9.17, 15) is 13.2 Å². The Labute approximate surface area is 209 Å². The molecule has 1 fully saturated rings. The molecule has 0 saturated carbocycles. The second-order valence-corrected chi connectivity index (χ2v) is 11.9. The molecule has 178 valence electrons. The minimum absolute atomic E-state index is 0.0515. The van der Waals surface area contributed by atoms with Crippen LogP contribution in [0.25, 0.3) is 0 Å². The first-order valence-electron chi connectivity index (χ1n) is 11.1. The first kappa shape index (κ1) is 24.7. The zero-order valence-electron chi connectivity index (χ0n) is 18.9. The van der Waals surface area contributed by atoms with E-state index in [4.69, 9.17) is 11.6 Å². The molecule has 0 bridgehead atoms. The Kier molecular flexibility index (Phi) is 7.91. The topological polar surface area (TPSA) is 80.2 Å². The van der Waals surface area contributed by atoms with Gasteiger partial charge in [-0.3, -0.25) is 4.79 Å². The van der Waals surface area contributed by atoms with Gasteiger partial charge in [0, 0.05) is 18.3 Å². The fraction of sp³-hybridized carbons (Fsp3) is 0.320. The lowest BCUT2D eigenvalue weighted by atomic mass is 10.1. The van der Waals surface area contributed by atoms with E-state index in [0.717, 1.165) is 17.5 Å². The van der Waals surface area contributed by atoms with Gasteiger partial charge in [-0.05, 0) is 29.5 Å². The number of hydrogen-bond acceptors (Lipinski definition) is 6. The molecule has 0 unspecified atom stereocenters. The number of halogens is 1. The molecule has 0 aliphatic carbocycles. The third-order valence-electron chi connectivity index (χ3n) is 5.83. The van der Waals surface area contributed by atoms with Gasteiger partial charge >= 0.3 is 0 Å². The number of carbonyl (C=O) groups excluding carboxylic acids is 1. The highest BCUT2D eigenvalue weighted by Gasteiger charge is 2.36. The molecule has 1 saturated heterocycles. The van der Waals surface area contributed by atoms with Crippen molar-refractivity contribution in [1.82, 2.24) is 14.9 Å². The molecule has 1 aromatic heterocycles. The molecule has 9 heteroatoms. The summed E-state index contributed by atoms with van der Waals surface area (Å²) in [5.74, 6) is 0.302. The molecule has 1 aliphatic rings. The van der Waals surface area contributed by atoms with Gasteiger partial charge in [0.05, 0.1) is 22.7 Å². The van der Waals surface area contributed by atoms with Gasteiger partial charge in [0.2, 0.25) is 0 Å². The van der Waals surface area contributed by atoms with Crippen molar-refractivity contribution in [3.63, 3.8) is 0 Å². The summed E-state index contributed by atoms with van der Waals surface area (Å²) in [4.78, 5) is 24.0. The SMILES string of the molecule is CCc1ccc(CN(C(=O)c2nc(SCc3ccccc3)ncc2Cl)[C@H]2CCS(=O)(=O)C2)cc1. The van der Waals surface area contributed by atoms with Gasteiger partial charge in [0.25, 0.3) is 5.91 Å². The van der Waals surface area contributed by atoms with E-state index in [1.807, 2.05) is 54.6 Å². The first-order valence-corrected chi connectivity index (χ1v) is 14.3. The number of hydrogen-bond donors (Lipinski definition) is 0. The Bertz CT molecular complexity index is 1250. The Morgan fingerprint density at radius 2 is 1.79 bits per heavy atom. The van der Waals surface area contributed by atoms with Crippen molar-refractivity contribution in [2.75, 3.05) is 11.5 Å². The maximum absolute atomic E-state index is 13.7. The molecular weight excluding hydrogens is 490 g/mol. The molecule has 34 heavy (non-hydrogen) atoms. The number of nitrogens with zero attached hydrogens (tertiary/aromatic N) is 3. The van der Waals surface area contributed by atoms with Gasteiger partial charge in [0.1, 0.15) is 0 Å². The summed E-state index contributed by atoms with van der Waals surface area (Å²) in [6, 6.07) is 17.5. The lowest BCUT2D eigenvalue weighted by molar-refractivity contribution is 0.0674. The van der Waals surface area contributed by atoms with Crippen LogP contribution in [0.5, 0.6) is 0 Å². The molecule has 3 aromatic rings. The molecule has 0 spiro atoms. The van der Waals surface area contributed by atoms with Crippen molar-refractivity contribution in [3.05, 3.63) is 88.2 Å². The quantitative estimate of drug-likeness (QED) is 0.316. The largest absolute Gasteiger partial charge is 0.329 e. The minimum Gasteiger partial charge on any atom is -0.329 e. The molecular formula is C25H26ClN3O3S2. The molecule has 6 nitrogen and oxygen atoms in total. The van der Waals surface area contributed by atoms with E-state index < -0.39 is 15.9 Å². The molecule has 1 aliphatic heterocycles. The third kappa shape index (κ3) is 6.17. The summed E-state index contributed by atoms with van der Waals surface area (Å²) in [5.41, 5.74) is 3.34. The van der Waals surface area contributed by atoms with Crippen molar-refractivity contribution in [2.24, 2.45) is 0 Å². The predicted molar refractivity (Wildman–Crippen MR) is 136 cm³/mol. The van der Waals surface area contributed by atoms with Crippen LogP contribution in [0.1, 0.15) is 40.5 Å². The Morgan fingerprint density at radius 1 is 1.09 bits per heavy atom. The average Bonchev–Trinajstić information content (AvgIpc) is 3.21. The van der Waals surface area contributed by atoms with Crippen molar-refractivity contribution in [2.45, 2.75) is 43.3 Å². The van der Waals surface area contributed by atoms with Crippen molar-refractivity contribution in [3.8, 4) is 0 Å². The van der Waals surface area contributed by atoms with Crippen LogP contribution < -0.4 is 0 Å². The summed E-state index contributed by atoms with van der Waals surface area (Å²) < 4.78 is 24.4. The van der Waals surface area contributed by atoms with Gasteiger partial charge in [-0.15, -0.1) is 0 Å². The summed E-state index contributed by atoms with van der Waals surface area (Å²) in [5, 5.41) is 0.601. The highest BCUT2D eigenvalue weighted by Crippen LogP contribution is 2.26. The normalized spacial score (nSPS) is 16.9. The van der Waals surface area contributed by atoms with Crippen LogP contribution in [-0.4, -0.2) is 46.7 Å². The molecule has 1 atom stereocenters. The lowest BCUT2D eigenvalue weighted by Gasteiger charge is -2.28. The number of benzene rings is 2. The maximum atomic E-state index is 13.7. The Balaban J connectivity index is 1.59. The van der Waals surface area contributed by atoms with Gasteiger partial charge in [-0.2, -0.15) is 0 Å². The van der Waals surface area contributed by atoms with Gasteiger partial charge in [-0.25, -0.2) is 18.4 Å². The van der Waals surface area contributed by atoms with Crippen molar-refractivity contribution in [1.29, 1.82) is 0 Å². The van der Waals surface area contributed by atoms with Gasteiger partial charge in [-0.1, -0.05) is 84.9 Å². The zero-order chi connectivity index (χ0) is 24.1. The predicted octanol–water partition coefficient (Wildman–Crippen LogP) is 4.81. The first-order chi connectivity index (χ1) is 16.3. The number of aryl methyl sites for hydroxylation is 1. The number of rotatable bonds is 8. The molecule has 0 radical (unpaired) electrons. The van der Waals surface area contributed by atoms with Crippen molar-refractivity contribution >= 4 is 39.1 Å². The number of thioether (sulfide) groups is 1. The van der Waals surface area contributed by atoms with E-state index in [2.05, 4.69) is 16.9 Å². The fourth-order valence-electron chi connectivity index (χ4n) is 3.89. The zero-order valence-corrected chi connectivity index (χ0v) is 21.2. The maximum Gasteiger partial charge on any atom is 0.274 e. The average molecular weight is 516 g/mol. The summed E-state index contributed by atoms with van der Waals surface area (Å²) in [7, 11) is -3.18. The molecule has 2 aromatic carbocycles. The number of aromatic nitrogens is 2. The van der Waals surface area contributed by atoms with Gasteiger partial charge in [0.15, 0.2) is 20.7 Å². The van der Waals surface area contributed by atoms with Gasteiger partial charge < -0.3 is 4.90 Å². The number of sulfone groups is 1. The standard InChI is InChI=1S/C25H26ClN3O3S2/c1-2-18-8-10-19(11-9-18)15-29(21-12-13-34(31,32)17-21)24(30)23-22(26)14-27-25(28-23)33-16-20-6-4-3-5-7-20/h3-11,14,21H,2,12-13,15-17H2,1H3/t21-/m0/s1. The van der Waals surface area contributed by atoms with Crippen molar-refractivity contribution < 1.29 is 13.2 Å². The molecule has 0 N–H and O–H groups in total. The lowest BCUT2D eigenvalue weighted by Crippen LogP contribution is -2.41. The van der Waals surface area contributed by atoms with Crippen LogP contribution in [0.15, 0.2) is 66.0 Å². The highest BCUT2D eigenvalue weighted by molar-refractivity contribution is 7.98. The monoisotopic (exact) mass is 515 g/mol. The van der Waals surface area contributed by atoms with Crippen LogP contribution in [0.2, 0.25) is 5.02 Å². The second kappa shape index (κ2) is 10.9. The molecule has 4 rings (SSSR count). The van der Waals surface area contributed by atoms with Crippen LogP contribution in [0, 0.1) is 0 Å². The second-order valence-electron chi connectivity index (χ2n) is 8.28. The van der Waals surface area contributed by atoms with E-state index in [1.165, 1.54) is 23.5 Å². The Morgan fingerprint density at radius 3 is 2.44 bits per heavy atom. The fourth-order valence-corrected chi connectivity index (χ4v) is 6.57. The molecule has 2 heterocycles. The summed E-state index contributed by atoms with van der Waals surface area (Å²) in [6.07, 6.45) is 2.76. The van der Waals surface area contributed by atoms with E-state index in [-0.39, 0.29) is 34.7 Å². The van der Waals surface area contributed by atoms with Crippen LogP contribution in [-0.2, 0) is 28.6 Å². The van der Waals surface area contributed by atoms with E-state index in [0.29, 0.717) is 17.3 Å². The third-order valence-corrected chi connectivity index (χ3v) is 8.79. The van der Waals surface area contributed by atoms with E-state index in [1.54, 1.807) is 4.90 Å². The highest BCUT2D eigenvalue weighted by atomic mass is 35.5. The number of carbonyl (C=O) groups is 1. The Hall–Kier alpha value is -2.42. The minimum atomic E-state index is -3.18. The summed E-state index contributed by atoms with van der Waals surface area (Å²) in [6.45, 7) is 2.37. The van der Waals surface area contributed by atoms with Crippen LogP contribution in [0.4, 0.5) is 0 Å². The van der Waals surface area contributed by atoms with Crippen LogP contribution >= 0.6 is 23.4 Å². The van der Waals surface area contributed by atoms with Crippen LogP contribution in [0.3, 0.4) is 0 Å². The number of amides is 1.